The van der Waals surface area contributed by atoms with E-state index in [1.807, 2.05) is 4.68 Å². The van der Waals surface area contributed by atoms with Crippen LogP contribution in [0.5, 0.6) is 0 Å². The third kappa shape index (κ3) is 8.72. The SMILES string of the molecule is CCCCCCCCCCCCn1cc(CCBr)nn1. The lowest BCUT2D eigenvalue weighted by Gasteiger charge is -2.02. The van der Waals surface area contributed by atoms with E-state index in [0.29, 0.717) is 0 Å². The molecule has 0 aliphatic rings. The molecule has 0 aromatic carbocycles. The smallest absolute Gasteiger partial charge is 0.0835 e. The van der Waals surface area contributed by atoms with Crippen molar-refractivity contribution < 1.29 is 0 Å². The molecular weight excluding hydrogens is 314 g/mol. The molecule has 0 atom stereocenters. The summed E-state index contributed by atoms with van der Waals surface area (Å²) in [6.07, 6.45) is 16.8. The zero-order chi connectivity index (χ0) is 14.5. The molecule has 0 bridgehead atoms. The summed E-state index contributed by atoms with van der Waals surface area (Å²) in [5.74, 6) is 0. The van der Waals surface area contributed by atoms with E-state index >= 15 is 0 Å². The van der Waals surface area contributed by atoms with Gasteiger partial charge in [0.25, 0.3) is 0 Å². The highest BCUT2D eigenvalue weighted by Gasteiger charge is 1.99. The summed E-state index contributed by atoms with van der Waals surface area (Å²) < 4.78 is 1.99. The molecule has 1 aromatic heterocycles. The van der Waals surface area contributed by atoms with Crippen molar-refractivity contribution in [2.24, 2.45) is 0 Å². The van der Waals surface area contributed by atoms with E-state index in [1.54, 1.807) is 0 Å². The number of aryl methyl sites for hydroxylation is 2. The predicted molar refractivity (Wildman–Crippen MR) is 89.4 cm³/mol. The molecule has 4 heteroatoms. The zero-order valence-corrected chi connectivity index (χ0v) is 14.6. The number of halogens is 1. The number of alkyl halides is 1. The lowest BCUT2D eigenvalue weighted by Crippen LogP contribution is -1.98. The van der Waals surface area contributed by atoms with Gasteiger partial charge in [0.1, 0.15) is 0 Å². The molecule has 0 fully saturated rings. The second kappa shape index (κ2) is 12.4. The van der Waals surface area contributed by atoms with Crippen molar-refractivity contribution in [3.8, 4) is 0 Å². The van der Waals surface area contributed by atoms with Gasteiger partial charge in [-0.1, -0.05) is 85.9 Å². The van der Waals surface area contributed by atoms with E-state index in [-0.39, 0.29) is 0 Å². The first-order valence-electron chi connectivity index (χ1n) is 8.31. The van der Waals surface area contributed by atoms with Gasteiger partial charge >= 0.3 is 0 Å². The molecular formula is C16H30BrN3. The topological polar surface area (TPSA) is 30.7 Å². The molecule has 0 saturated carbocycles. The average molecular weight is 344 g/mol. The Bertz CT molecular complexity index is 325. The van der Waals surface area contributed by atoms with E-state index in [1.165, 1.54) is 64.2 Å². The minimum absolute atomic E-state index is 0.962. The first kappa shape index (κ1) is 17.7. The van der Waals surface area contributed by atoms with Crippen LogP contribution in [0.25, 0.3) is 0 Å². The summed E-state index contributed by atoms with van der Waals surface area (Å²) >= 11 is 3.43. The van der Waals surface area contributed by atoms with Gasteiger partial charge in [-0.05, 0) is 6.42 Å². The number of aromatic nitrogens is 3. The molecule has 0 radical (unpaired) electrons. The fraction of sp³-hybridized carbons (Fsp3) is 0.875. The highest BCUT2D eigenvalue weighted by molar-refractivity contribution is 9.09. The maximum Gasteiger partial charge on any atom is 0.0835 e. The van der Waals surface area contributed by atoms with E-state index in [2.05, 4.69) is 39.4 Å². The summed E-state index contributed by atoms with van der Waals surface area (Å²) in [6, 6.07) is 0. The van der Waals surface area contributed by atoms with Crippen LogP contribution >= 0.6 is 15.9 Å². The highest BCUT2D eigenvalue weighted by atomic mass is 79.9. The van der Waals surface area contributed by atoms with Crippen LogP contribution in [0.1, 0.15) is 76.8 Å². The Morgan fingerprint density at radius 2 is 1.55 bits per heavy atom. The van der Waals surface area contributed by atoms with Crippen LogP contribution in [0.3, 0.4) is 0 Å². The second-order valence-electron chi connectivity index (χ2n) is 5.59. The first-order valence-corrected chi connectivity index (χ1v) is 9.44. The van der Waals surface area contributed by atoms with Gasteiger partial charge in [0.2, 0.25) is 0 Å². The van der Waals surface area contributed by atoms with Crippen molar-refractivity contribution in [1.29, 1.82) is 0 Å². The van der Waals surface area contributed by atoms with Crippen LogP contribution in [-0.2, 0) is 13.0 Å². The number of unbranched alkanes of at least 4 members (excludes halogenated alkanes) is 9. The molecule has 20 heavy (non-hydrogen) atoms. The van der Waals surface area contributed by atoms with E-state index in [9.17, 15) is 0 Å². The largest absolute Gasteiger partial charge is 0.252 e. The molecule has 0 spiro atoms. The quantitative estimate of drug-likeness (QED) is 0.367. The monoisotopic (exact) mass is 343 g/mol. The van der Waals surface area contributed by atoms with Gasteiger partial charge in [0.15, 0.2) is 0 Å². The van der Waals surface area contributed by atoms with Crippen molar-refractivity contribution in [2.45, 2.75) is 84.1 Å². The van der Waals surface area contributed by atoms with Gasteiger partial charge in [-0.2, -0.15) is 0 Å². The molecule has 0 N–H and O–H groups in total. The normalized spacial score (nSPS) is 11.1. The Balaban J connectivity index is 1.89. The second-order valence-corrected chi connectivity index (χ2v) is 6.39. The first-order chi connectivity index (χ1) is 9.86. The summed E-state index contributed by atoms with van der Waals surface area (Å²) in [5, 5.41) is 9.27. The molecule has 0 amide bonds. The van der Waals surface area contributed by atoms with Crippen LogP contribution in [-0.4, -0.2) is 20.3 Å². The summed E-state index contributed by atoms with van der Waals surface area (Å²) in [4.78, 5) is 0. The average Bonchev–Trinajstić information content (AvgIpc) is 2.89. The third-order valence-corrected chi connectivity index (χ3v) is 4.07. The third-order valence-electron chi connectivity index (χ3n) is 3.68. The van der Waals surface area contributed by atoms with E-state index < -0.39 is 0 Å². The Kier molecular flexibility index (Phi) is 10.9. The number of rotatable bonds is 13. The molecule has 3 nitrogen and oxygen atoms in total. The molecule has 116 valence electrons. The van der Waals surface area contributed by atoms with Crippen molar-refractivity contribution >= 4 is 15.9 Å². The van der Waals surface area contributed by atoms with Crippen LogP contribution in [0.4, 0.5) is 0 Å². The lowest BCUT2D eigenvalue weighted by atomic mass is 10.1. The van der Waals surface area contributed by atoms with E-state index in [0.717, 1.165) is 24.0 Å². The van der Waals surface area contributed by atoms with Gasteiger partial charge in [0, 0.05) is 24.5 Å². The van der Waals surface area contributed by atoms with Crippen LogP contribution < -0.4 is 0 Å². The molecule has 1 aromatic rings. The van der Waals surface area contributed by atoms with Crippen LogP contribution in [0.15, 0.2) is 6.20 Å². The van der Waals surface area contributed by atoms with Crippen molar-refractivity contribution in [1.82, 2.24) is 15.0 Å². The standard InChI is InChI=1S/C16H30BrN3/c1-2-3-4-5-6-7-8-9-10-11-14-20-15-16(12-13-17)18-19-20/h15H,2-14H2,1H3. The zero-order valence-electron chi connectivity index (χ0n) is 13.0. The van der Waals surface area contributed by atoms with Crippen molar-refractivity contribution in [3.05, 3.63) is 11.9 Å². The maximum absolute atomic E-state index is 4.16. The maximum atomic E-state index is 4.16. The molecule has 1 heterocycles. The minimum Gasteiger partial charge on any atom is -0.252 e. The molecule has 1 rings (SSSR count). The molecule has 0 unspecified atom stereocenters. The number of nitrogens with zero attached hydrogens (tertiary/aromatic N) is 3. The van der Waals surface area contributed by atoms with Gasteiger partial charge in [-0.25, -0.2) is 0 Å². The lowest BCUT2D eigenvalue weighted by molar-refractivity contribution is 0.507. The van der Waals surface area contributed by atoms with Crippen molar-refractivity contribution in [2.75, 3.05) is 5.33 Å². The van der Waals surface area contributed by atoms with Gasteiger partial charge in [-0.15, -0.1) is 5.10 Å². The van der Waals surface area contributed by atoms with E-state index in [4.69, 9.17) is 0 Å². The number of hydrogen-bond acceptors (Lipinski definition) is 2. The fourth-order valence-electron chi connectivity index (χ4n) is 2.42. The van der Waals surface area contributed by atoms with Gasteiger partial charge in [0.05, 0.1) is 5.69 Å². The summed E-state index contributed by atoms with van der Waals surface area (Å²) in [5.41, 5.74) is 1.09. The van der Waals surface area contributed by atoms with Gasteiger partial charge < -0.3 is 0 Å². The minimum atomic E-state index is 0.962. The fourth-order valence-corrected chi connectivity index (χ4v) is 2.83. The number of hydrogen-bond donors (Lipinski definition) is 0. The summed E-state index contributed by atoms with van der Waals surface area (Å²) in [6.45, 7) is 3.30. The van der Waals surface area contributed by atoms with Crippen LogP contribution in [0.2, 0.25) is 0 Å². The van der Waals surface area contributed by atoms with Crippen LogP contribution in [0, 0.1) is 0 Å². The Labute approximate surface area is 132 Å². The Morgan fingerprint density at radius 1 is 0.950 bits per heavy atom. The molecule has 0 aliphatic carbocycles. The molecule has 0 aliphatic heterocycles. The van der Waals surface area contributed by atoms with Gasteiger partial charge in [-0.3, -0.25) is 4.68 Å². The summed E-state index contributed by atoms with van der Waals surface area (Å²) in [7, 11) is 0. The Morgan fingerprint density at radius 3 is 2.15 bits per heavy atom. The molecule has 0 saturated heterocycles. The Hall–Kier alpha value is -0.380. The highest BCUT2D eigenvalue weighted by Crippen LogP contribution is 2.10. The predicted octanol–water partition coefficient (Wildman–Crippen LogP) is 5.14. The van der Waals surface area contributed by atoms with Crippen molar-refractivity contribution in [3.63, 3.8) is 0 Å².